The first-order chi connectivity index (χ1) is 6.21. The van der Waals surface area contributed by atoms with Gasteiger partial charge in [-0.25, -0.2) is 0 Å². The lowest BCUT2D eigenvalue weighted by atomic mass is 9.78. The maximum Gasteiger partial charge on any atom is 0.0292 e. The highest BCUT2D eigenvalue weighted by Gasteiger charge is 2.26. The molecule has 2 aliphatic rings. The zero-order valence-electron chi connectivity index (χ0n) is 7.96. The molecule has 0 aromatic carbocycles. The largest absolute Gasteiger partial charge is 0.116 e. The van der Waals surface area contributed by atoms with Gasteiger partial charge >= 0.3 is 0 Å². The van der Waals surface area contributed by atoms with Crippen molar-refractivity contribution >= 4 is 0 Å². The van der Waals surface area contributed by atoms with Crippen LogP contribution in [-0.4, -0.2) is 0 Å². The van der Waals surface area contributed by atoms with Gasteiger partial charge < -0.3 is 0 Å². The number of hydrogen-bond acceptors (Lipinski definition) is 0. The summed E-state index contributed by atoms with van der Waals surface area (Å²) in [5.74, 6) is 0. The topological polar surface area (TPSA) is 0 Å². The molecule has 0 N–H and O–H groups in total. The van der Waals surface area contributed by atoms with Gasteiger partial charge in [0.25, 0.3) is 0 Å². The van der Waals surface area contributed by atoms with Gasteiger partial charge in [-0.3, -0.25) is 0 Å². The molecule has 0 aromatic heterocycles. The molecule has 0 amide bonds. The van der Waals surface area contributed by atoms with E-state index in [0.717, 1.165) is 0 Å². The summed E-state index contributed by atoms with van der Waals surface area (Å²) in [6.07, 6.45) is 12.2. The van der Waals surface area contributed by atoms with Gasteiger partial charge in [0.2, 0.25) is 0 Å². The van der Waals surface area contributed by atoms with Gasteiger partial charge in [0.1, 0.15) is 0 Å². The van der Waals surface area contributed by atoms with Crippen molar-refractivity contribution in [3.8, 4) is 0 Å². The fourth-order valence-corrected chi connectivity index (χ4v) is 1.58. The molecular weight excluding hydrogens is 156 g/mol. The van der Waals surface area contributed by atoms with Gasteiger partial charge in [0.15, 0.2) is 0 Å². The summed E-state index contributed by atoms with van der Waals surface area (Å²) in [6.45, 7) is 4.40. The smallest absolute Gasteiger partial charge is 0.0292 e. The summed E-state index contributed by atoms with van der Waals surface area (Å²) >= 11 is 0. The lowest BCUT2D eigenvalue weighted by Gasteiger charge is -2.23. The molecule has 0 bridgehead atoms. The van der Waals surface area contributed by atoms with E-state index in [1.807, 2.05) is 24.3 Å². The van der Waals surface area contributed by atoms with E-state index in [2.05, 4.69) is 37.5 Å². The van der Waals surface area contributed by atoms with E-state index in [0.29, 0.717) is 0 Å². The highest BCUT2D eigenvalue weighted by atomic mass is 14.3. The summed E-state index contributed by atoms with van der Waals surface area (Å²) in [5.41, 5.74) is 8.99. The molecule has 0 saturated heterocycles. The van der Waals surface area contributed by atoms with Crippen molar-refractivity contribution in [3.63, 3.8) is 0 Å². The molecule has 2 rings (SSSR count). The summed E-state index contributed by atoms with van der Waals surface area (Å²) in [5, 5.41) is 0. The normalized spacial score (nSPS) is 18.3. The first-order valence-corrected chi connectivity index (χ1v) is 4.49. The van der Waals surface area contributed by atoms with E-state index in [1.165, 1.54) is 11.1 Å². The van der Waals surface area contributed by atoms with E-state index in [1.54, 1.807) is 0 Å². The zero-order chi connectivity index (χ0) is 9.31. The molecule has 0 atom stereocenters. The molecule has 0 fully saturated rings. The quantitative estimate of drug-likeness (QED) is 0.555. The summed E-state index contributed by atoms with van der Waals surface area (Å²) in [6, 6.07) is 0. The van der Waals surface area contributed by atoms with Gasteiger partial charge in [-0.05, 0) is 24.3 Å². The Morgan fingerprint density at radius 1 is 0.923 bits per heavy atom. The molecule has 2 aliphatic carbocycles. The van der Waals surface area contributed by atoms with Gasteiger partial charge in [-0.2, -0.15) is 0 Å². The number of rotatable bonds is 2. The molecule has 0 unspecified atom stereocenters. The van der Waals surface area contributed by atoms with E-state index < -0.39 is 0 Å². The summed E-state index contributed by atoms with van der Waals surface area (Å²) in [7, 11) is 0. The minimum Gasteiger partial charge on any atom is -0.116 e. The van der Waals surface area contributed by atoms with Gasteiger partial charge in [0.05, 0.1) is 0 Å². The Kier molecular flexibility index (Phi) is 1.74. The predicted molar refractivity (Wildman–Crippen MR) is 55.3 cm³/mol. The first-order valence-electron chi connectivity index (χ1n) is 4.49. The monoisotopic (exact) mass is 168 g/mol. The van der Waals surface area contributed by atoms with Crippen molar-refractivity contribution in [3.05, 3.63) is 59.1 Å². The fraction of sp³-hybridized carbons (Fsp3) is 0.231. The van der Waals surface area contributed by atoms with Gasteiger partial charge in [0, 0.05) is 16.6 Å². The van der Waals surface area contributed by atoms with Gasteiger partial charge in [-0.1, -0.05) is 26.0 Å². The minimum atomic E-state index is 0.0347. The summed E-state index contributed by atoms with van der Waals surface area (Å²) < 4.78 is 0. The predicted octanol–water partition coefficient (Wildman–Crippen LogP) is 3.32. The Morgan fingerprint density at radius 3 is 1.69 bits per heavy atom. The van der Waals surface area contributed by atoms with Crippen LogP contribution in [0.15, 0.2) is 59.1 Å². The van der Waals surface area contributed by atoms with Crippen LogP contribution < -0.4 is 0 Å². The van der Waals surface area contributed by atoms with Crippen molar-refractivity contribution in [1.29, 1.82) is 0 Å². The van der Waals surface area contributed by atoms with E-state index in [4.69, 9.17) is 0 Å². The lowest BCUT2D eigenvalue weighted by molar-refractivity contribution is 0.570. The minimum absolute atomic E-state index is 0.0347. The number of hydrogen-bond donors (Lipinski definition) is 0. The highest BCUT2D eigenvalue weighted by molar-refractivity contribution is 5.45. The Morgan fingerprint density at radius 2 is 1.38 bits per heavy atom. The number of allylic oxidation sites excluding steroid dienone is 6. The molecule has 0 heteroatoms. The highest BCUT2D eigenvalue weighted by Crippen LogP contribution is 2.37. The van der Waals surface area contributed by atoms with Crippen LogP contribution in [0, 0.1) is 5.41 Å². The fourth-order valence-electron chi connectivity index (χ4n) is 1.58. The second kappa shape index (κ2) is 2.78. The van der Waals surface area contributed by atoms with Crippen LogP contribution in [-0.2, 0) is 0 Å². The van der Waals surface area contributed by atoms with E-state index >= 15 is 0 Å². The van der Waals surface area contributed by atoms with Gasteiger partial charge in [-0.15, -0.1) is 11.5 Å². The van der Waals surface area contributed by atoms with Crippen LogP contribution in [0.3, 0.4) is 0 Å². The molecule has 0 heterocycles. The second-order valence-electron chi connectivity index (χ2n) is 3.79. The second-order valence-corrected chi connectivity index (χ2v) is 3.79. The molecule has 0 aliphatic heterocycles. The Labute approximate surface area is 79.0 Å². The average molecular weight is 168 g/mol. The van der Waals surface area contributed by atoms with E-state index in [9.17, 15) is 0 Å². The summed E-state index contributed by atoms with van der Waals surface area (Å²) in [4.78, 5) is 0. The van der Waals surface area contributed by atoms with E-state index in [-0.39, 0.29) is 5.41 Å². The third kappa shape index (κ3) is 1.27. The lowest BCUT2D eigenvalue weighted by Crippen LogP contribution is -2.14. The first kappa shape index (κ1) is 8.13. The third-order valence-corrected chi connectivity index (χ3v) is 2.54. The molecule has 0 saturated carbocycles. The third-order valence-electron chi connectivity index (χ3n) is 2.54. The zero-order valence-corrected chi connectivity index (χ0v) is 7.96. The average Bonchev–Trinajstić information content (AvgIpc) is 2.78. The standard InChI is InChI=1S/C13H12/c1-13(2,11-7-3-4-8-11)12-9-5-6-10-12/h3-7,9H,1-2H3. The van der Waals surface area contributed by atoms with Crippen LogP contribution >= 0.6 is 0 Å². The van der Waals surface area contributed by atoms with Crippen molar-refractivity contribution in [2.75, 3.05) is 0 Å². The maximum absolute atomic E-state index is 3.25. The van der Waals surface area contributed by atoms with Crippen LogP contribution in [0.25, 0.3) is 0 Å². The molecule has 0 nitrogen and oxygen atoms in total. The SMILES string of the molecule is CC(C)(C1=C=CC=C1)C1=C=CC=C1. The van der Waals surface area contributed by atoms with Crippen molar-refractivity contribution in [1.82, 2.24) is 0 Å². The molecule has 0 spiro atoms. The van der Waals surface area contributed by atoms with Crippen molar-refractivity contribution in [2.45, 2.75) is 13.8 Å². The molecule has 64 valence electrons. The van der Waals surface area contributed by atoms with Crippen molar-refractivity contribution < 1.29 is 0 Å². The van der Waals surface area contributed by atoms with Crippen molar-refractivity contribution in [2.24, 2.45) is 5.41 Å². The molecule has 0 aromatic rings. The molecule has 0 radical (unpaired) electrons. The maximum atomic E-state index is 3.25. The van der Waals surface area contributed by atoms with Crippen LogP contribution in [0.2, 0.25) is 0 Å². The molecule has 13 heavy (non-hydrogen) atoms. The van der Waals surface area contributed by atoms with Crippen LogP contribution in [0.1, 0.15) is 13.8 Å². The van der Waals surface area contributed by atoms with Crippen LogP contribution in [0.4, 0.5) is 0 Å². The Hall–Kier alpha value is -1.48. The van der Waals surface area contributed by atoms with Crippen LogP contribution in [0.5, 0.6) is 0 Å². The Bertz CT molecular complexity index is 373. The molecular formula is C13H12. The Balaban J connectivity index is 2.41.